The molecule has 0 saturated carbocycles. The fourth-order valence-electron chi connectivity index (χ4n) is 2.15. The van der Waals surface area contributed by atoms with Crippen LogP contribution in [0.2, 0.25) is 0 Å². The molecule has 0 fully saturated rings. The highest BCUT2D eigenvalue weighted by molar-refractivity contribution is 5.66. The summed E-state index contributed by atoms with van der Waals surface area (Å²) in [7, 11) is 0. The van der Waals surface area contributed by atoms with E-state index in [4.69, 9.17) is 10.6 Å². The van der Waals surface area contributed by atoms with Gasteiger partial charge in [0.1, 0.15) is 0 Å². The van der Waals surface area contributed by atoms with Gasteiger partial charge in [-0.3, -0.25) is 5.43 Å². The standard InChI is InChI=1S/C15H32N2O2/c1-2-3-4-5-6-7-8-9-10-11-12-13-14-19-15(18)17-16/h2-14,16H2,1H3,(H,17,18). The molecule has 0 saturated heterocycles. The van der Waals surface area contributed by atoms with Crippen molar-refractivity contribution in [1.82, 2.24) is 5.43 Å². The van der Waals surface area contributed by atoms with Crippen LogP contribution < -0.4 is 11.3 Å². The topological polar surface area (TPSA) is 64.3 Å². The van der Waals surface area contributed by atoms with Crippen molar-refractivity contribution >= 4 is 6.09 Å². The summed E-state index contributed by atoms with van der Waals surface area (Å²) < 4.78 is 4.81. The summed E-state index contributed by atoms with van der Waals surface area (Å²) in [5, 5.41) is 0. The van der Waals surface area contributed by atoms with Crippen molar-refractivity contribution in [2.24, 2.45) is 5.84 Å². The van der Waals surface area contributed by atoms with Gasteiger partial charge in [-0.15, -0.1) is 0 Å². The number of unbranched alkanes of at least 4 members (excludes halogenated alkanes) is 11. The normalized spacial score (nSPS) is 10.4. The maximum Gasteiger partial charge on any atom is 0.421 e. The Hall–Kier alpha value is -0.770. The molecule has 0 aliphatic carbocycles. The molecule has 114 valence electrons. The molecule has 3 N–H and O–H groups in total. The fourth-order valence-corrected chi connectivity index (χ4v) is 2.15. The number of hydrogen-bond donors (Lipinski definition) is 2. The van der Waals surface area contributed by atoms with Crippen molar-refractivity contribution in [3.05, 3.63) is 0 Å². The summed E-state index contributed by atoms with van der Waals surface area (Å²) in [6.07, 6.45) is 15.1. The van der Waals surface area contributed by atoms with Gasteiger partial charge in [-0.1, -0.05) is 77.6 Å². The molecule has 0 aromatic heterocycles. The summed E-state index contributed by atoms with van der Waals surface area (Å²) >= 11 is 0. The molecule has 0 rings (SSSR count). The van der Waals surface area contributed by atoms with E-state index in [0.29, 0.717) is 6.61 Å². The molecule has 0 spiro atoms. The van der Waals surface area contributed by atoms with E-state index in [0.717, 1.165) is 12.8 Å². The van der Waals surface area contributed by atoms with E-state index >= 15 is 0 Å². The van der Waals surface area contributed by atoms with Gasteiger partial charge in [-0.05, 0) is 6.42 Å². The maximum absolute atomic E-state index is 10.7. The minimum absolute atomic E-state index is 0.473. The highest BCUT2D eigenvalue weighted by Crippen LogP contribution is 2.11. The third kappa shape index (κ3) is 15.2. The molecule has 0 aromatic rings. The zero-order valence-corrected chi connectivity index (χ0v) is 12.6. The number of amides is 1. The van der Waals surface area contributed by atoms with Crippen LogP contribution in [0.3, 0.4) is 0 Å². The van der Waals surface area contributed by atoms with Gasteiger partial charge >= 0.3 is 6.09 Å². The summed E-state index contributed by atoms with van der Waals surface area (Å²) in [6.45, 7) is 2.73. The lowest BCUT2D eigenvalue weighted by molar-refractivity contribution is 0.144. The van der Waals surface area contributed by atoms with Crippen LogP contribution >= 0.6 is 0 Å². The second-order valence-electron chi connectivity index (χ2n) is 5.17. The maximum atomic E-state index is 10.7. The van der Waals surface area contributed by atoms with Crippen LogP contribution in [0.5, 0.6) is 0 Å². The van der Waals surface area contributed by atoms with Crippen LogP contribution in [0.1, 0.15) is 84.0 Å². The highest BCUT2D eigenvalue weighted by atomic mass is 16.5. The van der Waals surface area contributed by atoms with Gasteiger partial charge in [0.05, 0.1) is 6.61 Å². The molecule has 0 bridgehead atoms. The molecule has 0 aromatic carbocycles. The number of hydrazine groups is 1. The first-order valence-electron chi connectivity index (χ1n) is 7.94. The van der Waals surface area contributed by atoms with Crippen LogP contribution in [0, 0.1) is 0 Å². The molecular weight excluding hydrogens is 240 g/mol. The molecule has 4 heteroatoms. The predicted octanol–water partition coefficient (Wildman–Crippen LogP) is 4.29. The zero-order valence-electron chi connectivity index (χ0n) is 12.6. The second kappa shape index (κ2) is 15.3. The number of rotatable bonds is 13. The zero-order chi connectivity index (χ0) is 14.2. The number of carbonyl (C=O) groups excluding carboxylic acids is 1. The van der Waals surface area contributed by atoms with Gasteiger partial charge in [-0.25, -0.2) is 10.6 Å². The molecule has 0 unspecified atom stereocenters. The van der Waals surface area contributed by atoms with Gasteiger partial charge in [-0.2, -0.15) is 0 Å². The van der Waals surface area contributed by atoms with Gasteiger partial charge in [0.2, 0.25) is 0 Å². The monoisotopic (exact) mass is 272 g/mol. The SMILES string of the molecule is CCCCCCCCCCCCCCOC(=O)NN. The summed E-state index contributed by atoms with van der Waals surface area (Å²) in [5.74, 6) is 4.89. The molecule has 0 radical (unpaired) electrons. The molecule has 0 heterocycles. The Morgan fingerprint density at radius 3 is 1.68 bits per heavy atom. The largest absolute Gasteiger partial charge is 0.449 e. The lowest BCUT2D eigenvalue weighted by atomic mass is 10.1. The Morgan fingerprint density at radius 2 is 1.26 bits per heavy atom. The van der Waals surface area contributed by atoms with E-state index in [-0.39, 0.29) is 0 Å². The smallest absolute Gasteiger partial charge is 0.421 e. The van der Waals surface area contributed by atoms with Crippen molar-refractivity contribution in [3.63, 3.8) is 0 Å². The third-order valence-electron chi connectivity index (χ3n) is 3.35. The Morgan fingerprint density at radius 1 is 0.842 bits per heavy atom. The van der Waals surface area contributed by atoms with E-state index in [1.807, 2.05) is 5.43 Å². The van der Waals surface area contributed by atoms with E-state index in [9.17, 15) is 4.79 Å². The first kappa shape index (κ1) is 18.2. The van der Waals surface area contributed by atoms with Crippen LogP contribution in [0.4, 0.5) is 4.79 Å². The summed E-state index contributed by atoms with van der Waals surface area (Å²) in [6, 6.07) is 0. The fraction of sp³-hybridized carbons (Fsp3) is 0.933. The first-order chi connectivity index (χ1) is 9.31. The molecule has 19 heavy (non-hydrogen) atoms. The number of nitrogens with two attached hydrogens (primary N) is 1. The Kier molecular flexibility index (Phi) is 14.7. The van der Waals surface area contributed by atoms with Crippen molar-refractivity contribution in [3.8, 4) is 0 Å². The number of hydrogen-bond acceptors (Lipinski definition) is 3. The van der Waals surface area contributed by atoms with E-state index in [1.54, 1.807) is 0 Å². The van der Waals surface area contributed by atoms with Crippen molar-refractivity contribution in [2.45, 2.75) is 84.0 Å². The lowest BCUT2D eigenvalue weighted by Crippen LogP contribution is -2.30. The Labute approximate surface area is 118 Å². The van der Waals surface area contributed by atoms with E-state index in [2.05, 4.69) is 6.92 Å². The number of nitrogens with one attached hydrogen (secondary N) is 1. The molecular formula is C15H32N2O2. The van der Waals surface area contributed by atoms with Crippen molar-refractivity contribution < 1.29 is 9.53 Å². The summed E-state index contributed by atoms with van der Waals surface area (Å²) in [4.78, 5) is 10.7. The predicted molar refractivity (Wildman–Crippen MR) is 79.7 cm³/mol. The van der Waals surface area contributed by atoms with Gasteiger partial charge in [0, 0.05) is 0 Å². The van der Waals surface area contributed by atoms with Crippen LogP contribution in [0.15, 0.2) is 0 Å². The molecule has 4 nitrogen and oxygen atoms in total. The van der Waals surface area contributed by atoms with Crippen LogP contribution in [-0.2, 0) is 4.74 Å². The molecule has 0 aliphatic heterocycles. The Balaban J connectivity index is 2.97. The average molecular weight is 272 g/mol. The van der Waals surface area contributed by atoms with Crippen LogP contribution in [0.25, 0.3) is 0 Å². The lowest BCUT2D eigenvalue weighted by Gasteiger charge is -2.04. The van der Waals surface area contributed by atoms with E-state index in [1.165, 1.54) is 64.2 Å². The molecule has 1 amide bonds. The van der Waals surface area contributed by atoms with Crippen molar-refractivity contribution in [2.75, 3.05) is 6.61 Å². The minimum atomic E-state index is -0.539. The molecule has 0 atom stereocenters. The van der Waals surface area contributed by atoms with Gasteiger partial charge < -0.3 is 4.74 Å². The second-order valence-corrected chi connectivity index (χ2v) is 5.17. The van der Waals surface area contributed by atoms with Crippen molar-refractivity contribution in [1.29, 1.82) is 0 Å². The van der Waals surface area contributed by atoms with Gasteiger partial charge in [0.15, 0.2) is 0 Å². The Bertz CT molecular complexity index is 199. The van der Waals surface area contributed by atoms with Gasteiger partial charge in [0.25, 0.3) is 0 Å². The highest BCUT2D eigenvalue weighted by Gasteiger charge is 1.97. The van der Waals surface area contributed by atoms with E-state index < -0.39 is 6.09 Å². The minimum Gasteiger partial charge on any atom is -0.449 e. The summed E-state index contributed by atoms with van der Waals surface area (Å²) in [5.41, 5.74) is 1.95. The number of carbonyl (C=O) groups is 1. The number of ether oxygens (including phenoxy) is 1. The molecule has 0 aliphatic rings. The third-order valence-corrected chi connectivity index (χ3v) is 3.35. The quantitative estimate of drug-likeness (QED) is 0.227. The average Bonchev–Trinajstić information content (AvgIpc) is 2.43. The first-order valence-corrected chi connectivity index (χ1v) is 7.94. The van der Waals surface area contributed by atoms with Crippen LogP contribution in [-0.4, -0.2) is 12.7 Å².